The minimum absolute atomic E-state index is 0.0585. The molecule has 1 N–H and O–H groups in total. The minimum atomic E-state index is -4.39. The normalized spacial score (nSPS) is 11.7. The molecule has 0 atom stereocenters. The third kappa shape index (κ3) is 7.21. The smallest absolute Gasteiger partial charge is 0.393 e. The van der Waals surface area contributed by atoms with Gasteiger partial charge in [-0.2, -0.15) is 26.4 Å². The first-order valence-corrected chi connectivity index (χ1v) is 7.22. The van der Waals surface area contributed by atoms with Crippen molar-refractivity contribution in [3.05, 3.63) is 34.9 Å². The fourth-order valence-corrected chi connectivity index (χ4v) is 1.58. The molecule has 0 saturated carbocycles. The van der Waals surface area contributed by atoms with Gasteiger partial charge in [-0.3, -0.25) is 0 Å². The van der Waals surface area contributed by atoms with E-state index in [9.17, 15) is 13.2 Å². The maximum atomic E-state index is 13.0. The quantitative estimate of drug-likeness (QED) is 0.672. The summed E-state index contributed by atoms with van der Waals surface area (Å²) in [7, 11) is -2.61. The van der Waals surface area contributed by atoms with Crippen LogP contribution >= 0.6 is 0 Å². The number of benzene rings is 1. The number of rotatable bonds is 3. The Balaban J connectivity index is 0.000000980. The van der Waals surface area contributed by atoms with Crippen LogP contribution in [-0.2, 0) is 21.5 Å². The fourth-order valence-electron chi connectivity index (χ4n) is 1.58. The molecule has 9 heteroatoms. The fraction of sp³-hybridized carbons (Fsp3) is 0.462. The molecule has 5 nitrogen and oxygen atoms in total. The summed E-state index contributed by atoms with van der Waals surface area (Å²) in [5, 5.41) is 3.73. The molecule has 0 heterocycles. The average Bonchev–Trinajstić information content (AvgIpc) is 2.33. The van der Waals surface area contributed by atoms with Crippen LogP contribution in [0.15, 0.2) is 23.4 Å². The highest BCUT2D eigenvalue weighted by Crippen LogP contribution is 2.34. The molecule has 0 radical (unpaired) electrons. The van der Waals surface area contributed by atoms with Gasteiger partial charge in [-0.1, -0.05) is 23.4 Å². The summed E-state index contributed by atoms with van der Waals surface area (Å²) >= 11 is 0. The molecule has 0 aromatic heterocycles. The molecule has 1 rings (SSSR count). The molecule has 0 aliphatic heterocycles. The zero-order valence-electron chi connectivity index (χ0n) is 12.5. The molecule has 1 aromatic rings. The van der Waals surface area contributed by atoms with Gasteiger partial charge in [0.1, 0.15) is 6.10 Å². The molecule has 0 bridgehead atoms. The summed E-state index contributed by atoms with van der Waals surface area (Å²) in [6.07, 6.45) is -4.56. The number of nitrogens with zero attached hydrogens (tertiary/aromatic N) is 1. The van der Waals surface area contributed by atoms with E-state index in [1.807, 2.05) is 0 Å². The van der Waals surface area contributed by atoms with Crippen molar-refractivity contribution in [3.8, 4) is 0 Å². The van der Waals surface area contributed by atoms with E-state index >= 15 is 0 Å². The Labute approximate surface area is 128 Å². The number of aryl methyl sites for hydroxylation is 1. The van der Waals surface area contributed by atoms with Crippen molar-refractivity contribution < 1.29 is 26.4 Å². The number of oxime groups is 1. The second kappa shape index (κ2) is 8.52. The molecule has 0 fully saturated rings. The highest BCUT2D eigenvalue weighted by atomic mass is 32.2. The average molecular weight is 338 g/mol. The van der Waals surface area contributed by atoms with E-state index in [0.29, 0.717) is 0 Å². The van der Waals surface area contributed by atoms with Crippen molar-refractivity contribution >= 4 is 16.2 Å². The van der Waals surface area contributed by atoms with Gasteiger partial charge in [-0.25, -0.2) is 0 Å². The van der Waals surface area contributed by atoms with Gasteiger partial charge in [0, 0.05) is 5.56 Å². The minimum Gasteiger partial charge on any atom is -0.393 e. The van der Waals surface area contributed by atoms with E-state index in [4.69, 9.17) is 18.0 Å². The predicted molar refractivity (Wildman–Crippen MR) is 76.3 cm³/mol. The number of hydrogen-bond donors (Lipinski definition) is 1. The van der Waals surface area contributed by atoms with Crippen LogP contribution in [0.2, 0.25) is 0 Å². The topological polar surface area (TPSA) is 79.6 Å². The highest BCUT2D eigenvalue weighted by Gasteiger charge is 2.35. The van der Waals surface area contributed by atoms with E-state index in [-0.39, 0.29) is 22.9 Å². The first-order chi connectivity index (χ1) is 9.96. The lowest BCUT2D eigenvalue weighted by atomic mass is 9.98. The lowest BCUT2D eigenvalue weighted by molar-refractivity contribution is -0.138. The second-order valence-electron chi connectivity index (χ2n) is 4.56. The lowest BCUT2D eigenvalue weighted by Gasteiger charge is -2.15. The third-order valence-corrected chi connectivity index (χ3v) is 2.35. The molecule has 124 valence electrons. The molecular weight excluding hydrogens is 321 g/mol. The van der Waals surface area contributed by atoms with Gasteiger partial charge in [-0.15, -0.1) is 0 Å². The zero-order chi connectivity index (χ0) is 17.5. The second-order valence-corrected chi connectivity index (χ2v) is 5.03. The third-order valence-electron chi connectivity index (χ3n) is 2.35. The SMILES string of the molecule is C/C(=N\OC(C)C)c1cccc(C)c1C(F)(F)F.N=S(=O)=O. The first-order valence-electron chi connectivity index (χ1n) is 6.15. The van der Waals surface area contributed by atoms with Gasteiger partial charge < -0.3 is 4.84 Å². The van der Waals surface area contributed by atoms with Crippen molar-refractivity contribution in [1.29, 1.82) is 4.78 Å². The Kier molecular flexibility index (Phi) is 7.78. The Morgan fingerprint density at radius 1 is 1.32 bits per heavy atom. The Morgan fingerprint density at radius 3 is 2.23 bits per heavy atom. The zero-order valence-corrected chi connectivity index (χ0v) is 13.3. The van der Waals surface area contributed by atoms with E-state index in [1.165, 1.54) is 26.0 Å². The molecule has 0 unspecified atom stereocenters. The summed E-state index contributed by atoms with van der Waals surface area (Å²) in [5.74, 6) is 0. The molecule has 1 aromatic carbocycles. The summed E-state index contributed by atoms with van der Waals surface area (Å²) in [5.41, 5.74) is -0.194. The van der Waals surface area contributed by atoms with E-state index in [1.54, 1.807) is 19.9 Å². The van der Waals surface area contributed by atoms with Crippen LogP contribution in [-0.4, -0.2) is 20.2 Å². The van der Waals surface area contributed by atoms with Crippen LogP contribution in [0.4, 0.5) is 13.2 Å². The maximum Gasteiger partial charge on any atom is 0.417 e. The van der Waals surface area contributed by atoms with Gasteiger partial charge >= 0.3 is 16.7 Å². The van der Waals surface area contributed by atoms with Crippen molar-refractivity contribution in [2.45, 2.75) is 40.0 Å². The number of nitrogens with one attached hydrogen (secondary N) is 1. The summed E-state index contributed by atoms with van der Waals surface area (Å²) in [6, 6.07) is 4.41. The maximum absolute atomic E-state index is 13.0. The van der Waals surface area contributed by atoms with Gasteiger partial charge in [0.2, 0.25) is 0 Å². The molecular formula is C13H17F3N2O3S. The standard InChI is InChI=1S/C13H16F3NO.HNO2S/c1-8(2)18-17-10(4)11-7-5-6-9(3)12(11)13(14,15)16;1-4(2)3/h5-8H,1-4H3;1H/b17-10+;. The van der Waals surface area contributed by atoms with Gasteiger partial charge in [0.05, 0.1) is 11.3 Å². The summed E-state index contributed by atoms with van der Waals surface area (Å²) in [4.78, 5) is 4.99. The summed E-state index contributed by atoms with van der Waals surface area (Å²) in [6.45, 7) is 6.46. The molecule has 0 aliphatic rings. The van der Waals surface area contributed by atoms with E-state index in [2.05, 4.69) is 5.16 Å². The van der Waals surface area contributed by atoms with Crippen LogP contribution in [0.3, 0.4) is 0 Å². The van der Waals surface area contributed by atoms with Gasteiger partial charge in [0.25, 0.3) is 0 Å². The monoisotopic (exact) mass is 338 g/mol. The van der Waals surface area contributed by atoms with Crippen molar-refractivity contribution in [2.75, 3.05) is 0 Å². The van der Waals surface area contributed by atoms with Crippen LogP contribution < -0.4 is 0 Å². The van der Waals surface area contributed by atoms with E-state index in [0.717, 1.165) is 0 Å². The van der Waals surface area contributed by atoms with Crippen molar-refractivity contribution in [2.24, 2.45) is 5.16 Å². The predicted octanol–water partition coefficient (Wildman–Crippen LogP) is 3.79. The lowest BCUT2D eigenvalue weighted by Crippen LogP contribution is -2.14. The van der Waals surface area contributed by atoms with Crippen LogP contribution in [0.1, 0.15) is 37.5 Å². The van der Waals surface area contributed by atoms with Crippen LogP contribution in [0.5, 0.6) is 0 Å². The van der Waals surface area contributed by atoms with Gasteiger partial charge in [0.15, 0.2) is 0 Å². The Morgan fingerprint density at radius 2 is 1.82 bits per heavy atom. The molecule has 0 spiro atoms. The molecule has 22 heavy (non-hydrogen) atoms. The number of hydrogen-bond acceptors (Lipinski definition) is 5. The van der Waals surface area contributed by atoms with Crippen molar-refractivity contribution in [1.82, 2.24) is 0 Å². The molecule has 0 saturated heterocycles. The van der Waals surface area contributed by atoms with Crippen LogP contribution in [0, 0.1) is 11.7 Å². The molecule has 0 aliphatic carbocycles. The first kappa shape index (κ1) is 20.1. The van der Waals surface area contributed by atoms with Crippen molar-refractivity contribution in [3.63, 3.8) is 0 Å². The Hall–Kier alpha value is -1.90. The number of alkyl halides is 3. The van der Waals surface area contributed by atoms with Crippen LogP contribution in [0.25, 0.3) is 0 Å². The Bertz CT molecular complexity index is 631. The number of halogens is 3. The summed E-state index contributed by atoms with van der Waals surface area (Å²) < 4.78 is 61.8. The highest BCUT2D eigenvalue weighted by molar-refractivity contribution is 7.60. The van der Waals surface area contributed by atoms with Gasteiger partial charge in [-0.05, 0) is 33.3 Å². The molecule has 0 amide bonds. The largest absolute Gasteiger partial charge is 0.417 e. The van der Waals surface area contributed by atoms with E-state index < -0.39 is 22.2 Å².